The van der Waals surface area contributed by atoms with Crippen molar-refractivity contribution in [3.05, 3.63) is 66.6 Å². The standard InChI is InChI=1S/C31H38N8O3.C2H6/c1-6-29(40)34-25-16-26(28(41-5)17-27(25)38(4)14-13-37(2)3)35-31-32-12-11-30(36-31)42-23-19-39(20-23)22-15-21-9-7-8-10-24(21)33-18-22;1-2/h6-7,9,11-12,15-18,23H,1,8,10,13-14,19-20H2,2-5H3,(H,34,40)(H,32,35,36);1-2H3. The number of fused-ring (bicyclic) bond motifs is 1. The number of hydrogen-bond donors (Lipinski definition) is 2. The van der Waals surface area contributed by atoms with Crippen LogP contribution >= 0.6 is 0 Å². The number of nitrogens with one attached hydrogen (secondary N) is 2. The number of allylic oxidation sites excluding steroid dienone is 1. The highest BCUT2D eigenvalue weighted by Crippen LogP contribution is 2.38. The summed E-state index contributed by atoms with van der Waals surface area (Å²) in [4.78, 5) is 32.3. The molecular weight excluding hydrogens is 556 g/mol. The molecule has 11 nitrogen and oxygen atoms in total. The second-order valence-electron chi connectivity index (χ2n) is 10.6. The molecule has 0 bridgehead atoms. The lowest BCUT2D eigenvalue weighted by molar-refractivity contribution is -0.111. The van der Waals surface area contributed by atoms with E-state index < -0.39 is 0 Å². The fraction of sp³-hybridized carbons (Fsp3) is 0.394. The van der Waals surface area contributed by atoms with Crippen LogP contribution in [0.25, 0.3) is 6.08 Å². The van der Waals surface area contributed by atoms with E-state index in [1.165, 1.54) is 11.6 Å². The van der Waals surface area contributed by atoms with Gasteiger partial charge in [0, 0.05) is 44.2 Å². The Morgan fingerprint density at radius 3 is 2.66 bits per heavy atom. The number of ether oxygens (including phenoxy) is 2. The Morgan fingerprint density at radius 1 is 1.14 bits per heavy atom. The lowest BCUT2D eigenvalue weighted by atomic mass is 10.0. The first kappa shape index (κ1) is 32.3. The zero-order chi connectivity index (χ0) is 31.6. The van der Waals surface area contributed by atoms with E-state index in [2.05, 4.69) is 65.1 Å². The number of carbonyl (C=O) groups excluding carboxylic acids is 1. The van der Waals surface area contributed by atoms with Crippen LogP contribution in [-0.2, 0) is 11.2 Å². The molecule has 1 aliphatic carbocycles. The van der Waals surface area contributed by atoms with Crippen molar-refractivity contribution in [1.29, 1.82) is 0 Å². The molecule has 5 rings (SSSR count). The minimum Gasteiger partial charge on any atom is -0.494 e. The maximum Gasteiger partial charge on any atom is 0.247 e. The summed E-state index contributed by atoms with van der Waals surface area (Å²) in [7, 11) is 7.61. The maximum absolute atomic E-state index is 12.2. The molecule has 0 radical (unpaired) electrons. The van der Waals surface area contributed by atoms with Crippen molar-refractivity contribution < 1.29 is 14.3 Å². The summed E-state index contributed by atoms with van der Waals surface area (Å²) in [5.41, 5.74) is 5.49. The van der Waals surface area contributed by atoms with Crippen LogP contribution in [0.4, 0.5) is 28.7 Å². The minimum absolute atomic E-state index is 0.00608. The SMILES string of the molecule is C=CC(=O)Nc1cc(Nc2nccc(OC3CN(c4cnc5c(c4)C=CCC5)C3)n2)c(OC)cc1N(C)CCN(C)C.CC. The van der Waals surface area contributed by atoms with Gasteiger partial charge in [-0.1, -0.05) is 32.6 Å². The van der Waals surface area contributed by atoms with Gasteiger partial charge in [-0.15, -0.1) is 0 Å². The van der Waals surface area contributed by atoms with E-state index in [4.69, 9.17) is 9.47 Å². The van der Waals surface area contributed by atoms with Gasteiger partial charge < -0.3 is 34.8 Å². The average molecular weight is 601 g/mol. The number of carbonyl (C=O) groups is 1. The van der Waals surface area contributed by atoms with Crippen molar-refractivity contribution in [3.63, 3.8) is 0 Å². The lowest BCUT2D eigenvalue weighted by Gasteiger charge is -2.40. The number of anilines is 5. The van der Waals surface area contributed by atoms with Crippen LogP contribution in [-0.4, -0.2) is 86.3 Å². The Kier molecular flexibility index (Phi) is 11.1. The third-order valence-corrected chi connectivity index (χ3v) is 7.27. The van der Waals surface area contributed by atoms with Gasteiger partial charge in [-0.25, -0.2) is 4.98 Å². The maximum atomic E-state index is 12.2. The Labute approximate surface area is 260 Å². The van der Waals surface area contributed by atoms with Crippen LogP contribution in [0.2, 0.25) is 0 Å². The van der Waals surface area contributed by atoms with Crippen molar-refractivity contribution >= 4 is 40.7 Å². The number of aromatic nitrogens is 3. The summed E-state index contributed by atoms with van der Waals surface area (Å²) in [6, 6.07) is 7.63. The van der Waals surface area contributed by atoms with E-state index in [9.17, 15) is 4.79 Å². The topological polar surface area (TPSA) is 108 Å². The molecule has 1 fully saturated rings. The van der Waals surface area contributed by atoms with Crippen LogP contribution in [0.15, 0.2) is 55.4 Å². The molecule has 2 N–H and O–H groups in total. The molecule has 0 atom stereocenters. The van der Waals surface area contributed by atoms with E-state index in [-0.39, 0.29) is 12.0 Å². The molecule has 44 heavy (non-hydrogen) atoms. The lowest BCUT2D eigenvalue weighted by Crippen LogP contribution is -2.54. The van der Waals surface area contributed by atoms with Crippen molar-refractivity contribution in [2.45, 2.75) is 32.8 Å². The van der Waals surface area contributed by atoms with Gasteiger partial charge in [-0.2, -0.15) is 4.98 Å². The van der Waals surface area contributed by atoms with Gasteiger partial charge in [0.2, 0.25) is 17.7 Å². The van der Waals surface area contributed by atoms with Crippen LogP contribution in [0, 0.1) is 0 Å². The first-order valence-electron chi connectivity index (χ1n) is 15.0. The van der Waals surface area contributed by atoms with Crippen LogP contribution in [0.5, 0.6) is 11.6 Å². The summed E-state index contributed by atoms with van der Waals surface area (Å²) in [5.74, 6) is 1.10. The van der Waals surface area contributed by atoms with E-state index >= 15 is 0 Å². The summed E-state index contributed by atoms with van der Waals surface area (Å²) in [6.45, 7) is 10.7. The largest absolute Gasteiger partial charge is 0.494 e. The summed E-state index contributed by atoms with van der Waals surface area (Å²) in [5, 5.41) is 6.14. The van der Waals surface area contributed by atoms with E-state index in [0.717, 1.165) is 56.1 Å². The highest BCUT2D eigenvalue weighted by Gasteiger charge is 2.30. The third-order valence-electron chi connectivity index (χ3n) is 7.27. The Morgan fingerprint density at radius 2 is 1.93 bits per heavy atom. The van der Waals surface area contributed by atoms with E-state index in [0.29, 0.717) is 29.0 Å². The molecule has 0 saturated carbocycles. The van der Waals surface area contributed by atoms with Gasteiger partial charge in [0.1, 0.15) is 11.9 Å². The average Bonchev–Trinajstić information content (AvgIpc) is 3.02. The van der Waals surface area contributed by atoms with Crippen molar-refractivity contribution in [3.8, 4) is 11.6 Å². The normalized spacial score (nSPS) is 13.7. The second kappa shape index (κ2) is 15.2. The Bertz CT molecular complexity index is 1470. The zero-order valence-electron chi connectivity index (χ0n) is 26.6. The number of rotatable bonds is 12. The highest BCUT2D eigenvalue weighted by atomic mass is 16.5. The molecule has 1 amide bonds. The third kappa shape index (κ3) is 8.04. The fourth-order valence-electron chi connectivity index (χ4n) is 4.84. The fourth-order valence-corrected chi connectivity index (χ4v) is 4.84. The predicted octanol–water partition coefficient (Wildman–Crippen LogP) is 5.00. The quantitative estimate of drug-likeness (QED) is 0.276. The number of benzene rings is 1. The Hall–Kier alpha value is -4.64. The molecule has 3 aromatic rings. The molecule has 11 heteroatoms. The van der Waals surface area contributed by atoms with E-state index in [1.807, 2.05) is 53.3 Å². The van der Waals surface area contributed by atoms with Gasteiger partial charge in [0.15, 0.2) is 0 Å². The van der Waals surface area contributed by atoms with Crippen LogP contribution in [0.1, 0.15) is 31.5 Å². The number of aryl methyl sites for hydroxylation is 1. The number of nitrogens with zero attached hydrogens (tertiary/aromatic N) is 6. The van der Waals surface area contributed by atoms with Gasteiger partial charge in [-0.05, 0) is 50.7 Å². The molecule has 1 aliphatic heterocycles. The molecule has 234 valence electrons. The number of amides is 1. The van der Waals surface area contributed by atoms with Crippen molar-refractivity contribution in [1.82, 2.24) is 19.9 Å². The molecule has 2 aliphatic rings. The highest BCUT2D eigenvalue weighted by molar-refractivity contribution is 6.02. The molecule has 1 aromatic carbocycles. The van der Waals surface area contributed by atoms with Gasteiger partial charge in [-0.3, -0.25) is 9.78 Å². The van der Waals surface area contributed by atoms with Gasteiger partial charge >= 0.3 is 0 Å². The smallest absolute Gasteiger partial charge is 0.247 e. The Balaban J connectivity index is 0.00000216. The molecule has 3 heterocycles. The monoisotopic (exact) mass is 600 g/mol. The van der Waals surface area contributed by atoms with Crippen LogP contribution < -0.4 is 29.9 Å². The zero-order valence-corrected chi connectivity index (χ0v) is 26.6. The second-order valence-corrected chi connectivity index (χ2v) is 10.6. The van der Waals surface area contributed by atoms with Gasteiger partial charge in [0.05, 0.1) is 49.1 Å². The summed E-state index contributed by atoms with van der Waals surface area (Å²) in [6.07, 6.45) is 11.2. The molecule has 1 saturated heterocycles. The first-order valence-corrected chi connectivity index (χ1v) is 15.0. The minimum atomic E-state index is -0.308. The first-order chi connectivity index (χ1) is 21.3. The molecule has 0 spiro atoms. The van der Waals surface area contributed by atoms with Gasteiger partial charge in [0.25, 0.3) is 0 Å². The number of pyridine rings is 1. The van der Waals surface area contributed by atoms with Crippen molar-refractivity contribution in [2.24, 2.45) is 0 Å². The number of hydrogen-bond acceptors (Lipinski definition) is 10. The predicted molar refractivity (Wildman–Crippen MR) is 179 cm³/mol. The summed E-state index contributed by atoms with van der Waals surface area (Å²) >= 11 is 0. The molecule has 0 unspecified atom stereocenters. The molecular formula is C33H44N8O3. The number of methoxy groups -OCH3 is 1. The number of likely N-dealkylation sites (N-methyl/N-ethyl adjacent to an activating group) is 2. The summed E-state index contributed by atoms with van der Waals surface area (Å²) < 4.78 is 11.9. The van der Waals surface area contributed by atoms with E-state index in [1.54, 1.807) is 19.4 Å². The van der Waals surface area contributed by atoms with Crippen LogP contribution in [0.3, 0.4) is 0 Å². The molecule has 2 aromatic heterocycles. The van der Waals surface area contributed by atoms with Crippen molar-refractivity contribution in [2.75, 3.05) is 74.9 Å².